The van der Waals surface area contributed by atoms with Gasteiger partial charge in [-0.05, 0) is 37.1 Å². The lowest BCUT2D eigenvalue weighted by Gasteiger charge is -2.44. The number of sulfonamides is 1. The Labute approximate surface area is 154 Å². The minimum absolute atomic E-state index is 0.173. The Kier molecular flexibility index (Phi) is 4.36. The molecule has 0 bridgehead atoms. The number of anilines is 1. The Morgan fingerprint density at radius 3 is 2.62 bits per heavy atom. The Balaban J connectivity index is 1.58. The molecule has 7 heteroatoms. The number of rotatable bonds is 1. The van der Waals surface area contributed by atoms with Crippen molar-refractivity contribution in [3.05, 3.63) is 48.8 Å². The van der Waals surface area contributed by atoms with Gasteiger partial charge in [-0.3, -0.25) is 4.98 Å². The number of fused-ring (bicyclic) bond motifs is 1. The van der Waals surface area contributed by atoms with Gasteiger partial charge in [-0.1, -0.05) is 12.1 Å². The van der Waals surface area contributed by atoms with Gasteiger partial charge in [0.15, 0.2) is 0 Å². The predicted octanol–water partition coefficient (Wildman–Crippen LogP) is 2.38. The highest BCUT2D eigenvalue weighted by Gasteiger charge is 2.41. The largest absolute Gasteiger partial charge is 0.492 e. The van der Waals surface area contributed by atoms with Crippen LogP contribution >= 0.6 is 0 Å². The van der Waals surface area contributed by atoms with E-state index in [0.29, 0.717) is 18.9 Å². The number of ether oxygens (including phenoxy) is 1. The molecule has 0 aliphatic carbocycles. The second-order valence-electron chi connectivity index (χ2n) is 7.19. The summed E-state index contributed by atoms with van der Waals surface area (Å²) in [6.45, 7) is 2.74. The molecule has 26 heavy (non-hydrogen) atoms. The number of piperidine rings is 1. The Hall–Kier alpha value is -2.12. The first-order valence-electron chi connectivity index (χ1n) is 8.83. The monoisotopic (exact) mass is 373 g/mol. The van der Waals surface area contributed by atoms with Gasteiger partial charge in [-0.2, -0.15) is 0 Å². The van der Waals surface area contributed by atoms with Crippen molar-refractivity contribution in [2.45, 2.75) is 17.7 Å². The minimum Gasteiger partial charge on any atom is -0.492 e. The van der Waals surface area contributed by atoms with Gasteiger partial charge < -0.3 is 9.64 Å². The van der Waals surface area contributed by atoms with E-state index in [2.05, 4.69) is 16.0 Å². The molecule has 0 amide bonds. The number of hydrogen-bond acceptors (Lipinski definition) is 5. The van der Waals surface area contributed by atoms with Crippen LogP contribution in [0.3, 0.4) is 0 Å². The zero-order valence-corrected chi connectivity index (χ0v) is 15.7. The summed E-state index contributed by atoms with van der Waals surface area (Å²) in [5, 5.41) is 0. The second-order valence-corrected chi connectivity index (χ2v) is 9.21. The van der Waals surface area contributed by atoms with Gasteiger partial charge in [0, 0.05) is 38.3 Å². The molecule has 1 saturated heterocycles. The van der Waals surface area contributed by atoms with Gasteiger partial charge >= 0.3 is 0 Å². The van der Waals surface area contributed by atoms with Crippen molar-refractivity contribution in [1.29, 1.82) is 0 Å². The molecule has 1 aromatic carbocycles. The maximum Gasteiger partial charge on any atom is 0.246 e. The lowest BCUT2D eigenvalue weighted by Crippen LogP contribution is -2.50. The Morgan fingerprint density at radius 1 is 1.12 bits per heavy atom. The molecule has 0 unspecified atom stereocenters. The van der Waals surface area contributed by atoms with E-state index in [0.717, 1.165) is 31.6 Å². The minimum atomic E-state index is -3.54. The summed E-state index contributed by atoms with van der Waals surface area (Å²) in [7, 11) is -1.86. The van der Waals surface area contributed by atoms with Crippen molar-refractivity contribution >= 4 is 15.7 Å². The number of para-hydroxylation sites is 1. The van der Waals surface area contributed by atoms with E-state index < -0.39 is 10.0 Å². The molecule has 0 radical (unpaired) electrons. The zero-order valence-electron chi connectivity index (χ0n) is 14.8. The fraction of sp³-hybridized carbons (Fsp3) is 0.421. The first-order chi connectivity index (χ1) is 12.5. The van der Waals surface area contributed by atoms with E-state index in [-0.39, 0.29) is 10.3 Å². The normalized spacial score (nSPS) is 22.1. The molecule has 3 heterocycles. The van der Waals surface area contributed by atoms with Crippen molar-refractivity contribution in [3.63, 3.8) is 0 Å². The number of pyridine rings is 1. The third-order valence-corrected chi connectivity index (χ3v) is 7.31. The molecule has 4 rings (SSSR count). The van der Waals surface area contributed by atoms with Gasteiger partial charge in [0.1, 0.15) is 10.6 Å². The van der Waals surface area contributed by atoms with Crippen LogP contribution in [0.4, 0.5) is 5.69 Å². The lowest BCUT2D eigenvalue weighted by atomic mass is 9.78. The molecular formula is C19H23N3O3S. The van der Waals surface area contributed by atoms with Crippen molar-refractivity contribution < 1.29 is 13.2 Å². The SMILES string of the molecule is CN1CC2(CCN(c3cccnc3)CC2)COc2ccccc2S1(=O)=O. The molecule has 2 aliphatic heterocycles. The van der Waals surface area contributed by atoms with E-state index in [1.54, 1.807) is 31.4 Å². The maximum absolute atomic E-state index is 12.9. The van der Waals surface area contributed by atoms with E-state index in [1.165, 1.54) is 4.31 Å². The van der Waals surface area contributed by atoms with E-state index in [1.807, 2.05) is 18.3 Å². The smallest absolute Gasteiger partial charge is 0.246 e. The number of hydrogen-bond donors (Lipinski definition) is 0. The fourth-order valence-corrected chi connectivity index (χ4v) is 5.28. The highest BCUT2D eigenvalue weighted by atomic mass is 32.2. The molecule has 6 nitrogen and oxygen atoms in total. The molecule has 0 saturated carbocycles. The molecule has 1 aromatic heterocycles. The number of aromatic nitrogens is 1. The Morgan fingerprint density at radius 2 is 1.88 bits per heavy atom. The summed E-state index contributed by atoms with van der Waals surface area (Å²) in [5.74, 6) is 0.452. The van der Waals surface area contributed by atoms with Gasteiger partial charge in [0.25, 0.3) is 0 Å². The summed E-state index contributed by atoms with van der Waals surface area (Å²) in [5.41, 5.74) is 0.939. The highest BCUT2D eigenvalue weighted by molar-refractivity contribution is 7.89. The van der Waals surface area contributed by atoms with Crippen molar-refractivity contribution in [3.8, 4) is 5.75 Å². The molecule has 0 N–H and O–H groups in total. The predicted molar refractivity (Wildman–Crippen MR) is 99.9 cm³/mol. The molecule has 138 valence electrons. The fourth-order valence-electron chi connectivity index (χ4n) is 3.87. The molecular weight excluding hydrogens is 350 g/mol. The van der Waals surface area contributed by atoms with Crippen LogP contribution in [0.15, 0.2) is 53.7 Å². The molecule has 1 fully saturated rings. The van der Waals surface area contributed by atoms with Gasteiger partial charge in [0.05, 0.1) is 18.5 Å². The lowest BCUT2D eigenvalue weighted by molar-refractivity contribution is 0.0876. The van der Waals surface area contributed by atoms with Crippen LogP contribution in [-0.4, -0.2) is 51.0 Å². The van der Waals surface area contributed by atoms with Crippen molar-refractivity contribution in [1.82, 2.24) is 9.29 Å². The van der Waals surface area contributed by atoms with Crippen molar-refractivity contribution in [2.24, 2.45) is 5.41 Å². The van der Waals surface area contributed by atoms with E-state index in [9.17, 15) is 8.42 Å². The summed E-state index contributed by atoms with van der Waals surface area (Å²) in [6.07, 6.45) is 5.40. The van der Waals surface area contributed by atoms with Crippen molar-refractivity contribution in [2.75, 3.05) is 38.2 Å². The van der Waals surface area contributed by atoms with Gasteiger partial charge in [0.2, 0.25) is 10.0 Å². The van der Waals surface area contributed by atoms with E-state index in [4.69, 9.17) is 4.74 Å². The third-order valence-electron chi connectivity index (χ3n) is 5.46. The molecule has 2 aromatic rings. The molecule has 0 atom stereocenters. The highest BCUT2D eigenvalue weighted by Crippen LogP contribution is 2.39. The maximum atomic E-state index is 12.9. The average Bonchev–Trinajstić information content (AvgIpc) is 2.67. The van der Waals surface area contributed by atoms with Crippen LogP contribution < -0.4 is 9.64 Å². The van der Waals surface area contributed by atoms with Crippen LogP contribution in [-0.2, 0) is 10.0 Å². The molecule has 1 spiro atoms. The summed E-state index contributed by atoms with van der Waals surface area (Å²) >= 11 is 0. The summed E-state index contributed by atoms with van der Waals surface area (Å²) in [4.78, 5) is 6.75. The summed E-state index contributed by atoms with van der Waals surface area (Å²) < 4.78 is 33.3. The topological polar surface area (TPSA) is 62.7 Å². The van der Waals surface area contributed by atoms with E-state index >= 15 is 0 Å². The number of benzene rings is 1. The number of nitrogens with zero attached hydrogens (tertiary/aromatic N) is 3. The Bertz CT molecular complexity index is 878. The first kappa shape index (κ1) is 17.3. The summed E-state index contributed by atoms with van der Waals surface area (Å²) in [6, 6.07) is 10.9. The van der Waals surface area contributed by atoms with Gasteiger partial charge in [-0.15, -0.1) is 0 Å². The van der Waals surface area contributed by atoms with Crippen LogP contribution in [0.25, 0.3) is 0 Å². The molecule has 2 aliphatic rings. The van der Waals surface area contributed by atoms with Crippen LogP contribution in [0.5, 0.6) is 5.75 Å². The average molecular weight is 373 g/mol. The van der Waals surface area contributed by atoms with Crippen LogP contribution in [0.1, 0.15) is 12.8 Å². The van der Waals surface area contributed by atoms with Crippen LogP contribution in [0.2, 0.25) is 0 Å². The standard InChI is InChI=1S/C19H23N3O3S/c1-21-14-19(8-11-22(12-9-19)16-5-4-10-20-13-16)15-25-17-6-2-3-7-18(17)26(21,23)24/h2-7,10,13H,8-9,11-12,14-15H2,1H3. The van der Waals surface area contributed by atoms with Gasteiger partial charge in [-0.25, -0.2) is 12.7 Å². The first-order valence-corrected chi connectivity index (χ1v) is 10.3. The second kappa shape index (κ2) is 6.55. The van der Waals surface area contributed by atoms with Crippen LogP contribution in [0, 0.1) is 5.41 Å². The third kappa shape index (κ3) is 3.05. The quantitative estimate of drug-likeness (QED) is 0.768. The zero-order chi connectivity index (χ0) is 18.2.